The van der Waals surface area contributed by atoms with Crippen molar-refractivity contribution < 1.29 is 13.2 Å². The van der Waals surface area contributed by atoms with Gasteiger partial charge in [-0.3, -0.25) is 0 Å². The van der Waals surface area contributed by atoms with Crippen molar-refractivity contribution in [2.45, 2.75) is 13.3 Å². The second-order valence-electron chi connectivity index (χ2n) is 3.59. The zero-order valence-corrected chi connectivity index (χ0v) is 10.3. The van der Waals surface area contributed by atoms with Crippen LogP contribution in [0.3, 0.4) is 0 Å². The van der Waals surface area contributed by atoms with Crippen molar-refractivity contribution in [3.8, 4) is 10.6 Å². The SMILES string of the molecule is CCCNc1nnc(-c2cc(F)c(F)c(F)c2)s1. The molecular weight excluding hydrogens is 263 g/mol. The van der Waals surface area contributed by atoms with Gasteiger partial charge < -0.3 is 5.32 Å². The Hall–Kier alpha value is -1.63. The molecule has 2 rings (SSSR count). The molecule has 0 saturated carbocycles. The third kappa shape index (κ3) is 2.61. The average molecular weight is 273 g/mol. The quantitative estimate of drug-likeness (QED) is 0.867. The van der Waals surface area contributed by atoms with Crippen LogP contribution in [0.25, 0.3) is 10.6 Å². The molecule has 7 heteroatoms. The van der Waals surface area contributed by atoms with Gasteiger partial charge in [-0.2, -0.15) is 0 Å². The van der Waals surface area contributed by atoms with Crippen molar-refractivity contribution in [3.05, 3.63) is 29.6 Å². The van der Waals surface area contributed by atoms with Gasteiger partial charge in [-0.15, -0.1) is 10.2 Å². The van der Waals surface area contributed by atoms with Crippen LogP contribution < -0.4 is 5.32 Å². The van der Waals surface area contributed by atoms with Crippen LogP contribution in [0.5, 0.6) is 0 Å². The molecule has 1 N–H and O–H groups in total. The van der Waals surface area contributed by atoms with Gasteiger partial charge >= 0.3 is 0 Å². The average Bonchev–Trinajstić information content (AvgIpc) is 2.81. The minimum Gasteiger partial charge on any atom is -0.360 e. The monoisotopic (exact) mass is 273 g/mol. The van der Waals surface area contributed by atoms with Gasteiger partial charge in [-0.05, 0) is 18.6 Å². The summed E-state index contributed by atoms with van der Waals surface area (Å²) in [7, 11) is 0. The molecule has 0 saturated heterocycles. The summed E-state index contributed by atoms with van der Waals surface area (Å²) in [5.41, 5.74) is 0.174. The fourth-order valence-corrected chi connectivity index (χ4v) is 2.08. The first-order valence-corrected chi connectivity index (χ1v) is 6.15. The zero-order valence-electron chi connectivity index (χ0n) is 9.51. The predicted molar refractivity (Wildman–Crippen MR) is 64.0 cm³/mol. The van der Waals surface area contributed by atoms with E-state index in [1.54, 1.807) is 0 Å². The van der Waals surface area contributed by atoms with E-state index in [4.69, 9.17) is 0 Å². The highest BCUT2D eigenvalue weighted by Crippen LogP contribution is 2.28. The predicted octanol–water partition coefficient (Wildman–Crippen LogP) is 3.44. The Morgan fingerprint density at radius 3 is 2.44 bits per heavy atom. The van der Waals surface area contributed by atoms with Crippen molar-refractivity contribution in [3.63, 3.8) is 0 Å². The molecule has 0 bridgehead atoms. The number of rotatable bonds is 4. The summed E-state index contributed by atoms with van der Waals surface area (Å²) in [6.07, 6.45) is 0.925. The van der Waals surface area contributed by atoms with Gasteiger partial charge in [0.2, 0.25) is 5.13 Å². The van der Waals surface area contributed by atoms with E-state index < -0.39 is 17.5 Å². The Morgan fingerprint density at radius 1 is 1.17 bits per heavy atom. The van der Waals surface area contributed by atoms with Crippen molar-refractivity contribution in [1.29, 1.82) is 0 Å². The van der Waals surface area contributed by atoms with E-state index in [-0.39, 0.29) is 5.56 Å². The minimum atomic E-state index is -1.48. The molecule has 0 amide bonds. The molecule has 0 radical (unpaired) electrons. The fraction of sp³-hybridized carbons (Fsp3) is 0.273. The maximum atomic E-state index is 13.1. The second kappa shape index (κ2) is 5.34. The van der Waals surface area contributed by atoms with E-state index >= 15 is 0 Å². The molecule has 18 heavy (non-hydrogen) atoms. The summed E-state index contributed by atoms with van der Waals surface area (Å²) in [6.45, 7) is 2.74. The lowest BCUT2D eigenvalue weighted by molar-refractivity contribution is 0.447. The molecular formula is C11H10F3N3S. The molecule has 1 aromatic carbocycles. The number of hydrogen-bond donors (Lipinski definition) is 1. The molecule has 0 unspecified atom stereocenters. The van der Waals surface area contributed by atoms with Gasteiger partial charge in [-0.1, -0.05) is 18.3 Å². The summed E-state index contributed by atoms with van der Waals surface area (Å²) < 4.78 is 38.9. The lowest BCUT2D eigenvalue weighted by Crippen LogP contribution is -1.98. The molecule has 96 valence electrons. The van der Waals surface area contributed by atoms with E-state index in [1.807, 2.05) is 6.92 Å². The lowest BCUT2D eigenvalue weighted by atomic mass is 10.2. The summed E-state index contributed by atoms with van der Waals surface area (Å²) in [6, 6.07) is 1.81. The number of nitrogens with one attached hydrogen (secondary N) is 1. The maximum absolute atomic E-state index is 13.1. The highest BCUT2D eigenvalue weighted by Gasteiger charge is 2.14. The Balaban J connectivity index is 2.28. The molecule has 0 aliphatic carbocycles. The van der Waals surface area contributed by atoms with E-state index in [1.165, 1.54) is 0 Å². The number of halogens is 3. The minimum absolute atomic E-state index is 0.174. The summed E-state index contributed by atoms with van der Waals surface area (Å²) in [5, 5.41) is 11.5. The Kier molecular flexibility index (Phi) is 3.81. The third-order valence-corrected chi connectivity index (χ3v) is 3.11. The van der Waals surface area contributed by atoms with Gasteiger partial charge in [0.15, 0.2) is 17.5 Å². The molecule has 0 aliphatic rings. The lowest BCUT2D eigenvalue weighted by Gasteiger charge is -1.99. The molecule has 0 spiro atoms. The molecule has 0 fully saturated rings. The first kappa shape index (κ1) is 12.8. The van der Waals surface area contributed by atoms with Crippen LogP contribution in [0, 0.1) is 17.5 Å². The van der Waals surface area contributed by atoms with Gasteiger partial charge in [-0.25, -0.2) is 13.2 Å². The van der Waals surface area contributed by atoms with E-state index in [0.717, 1.165) is 36.4 Å². The Labute approximate surface area is 106 Å². The molecule has 0 atom stereocenters. The van der Waals surface area contributed by atoms with Crippen LogP contribution in [0.15, 0.2) is 12.1 Å². The normalized spacial score (nSPS) is 10.7. The first-order chi connectivity index (χ1) is 8.61. The largest absolute Gasteiger partial charge is 0.360 e. The molecule has 1 aromatic heterocycles. The van der Waals surface area contributed by atoms with Crippen molar-refractivity contribution >= 4 is 16.5 Å². The second-order valence-corrected chi connectivity index (χ2v) is 4.57. The van der Waals surface area contributed by atoms with Gasteiger partial charge in [0, 0.05) is 12.1 Å². The van der Waals surface area contributed by atoms with Gasteiger partial charge in [0.25, 0.3) is 0 Å². The fourth-order valence-electron chi connectivity index (χ4n) is 1.32. The third-order valence-electron chi connectivity index (χ3n) is 2.18. The van der Waals surface area contributed by atoms with Crippen LogP contribution in [0.4, 0.5) is 18.3 Å². The van der Waals surface area contributed by atoms with E-state index in [2.05, 4.69) is 15.5 Å². The molecule has 2 aromatic rings. The van der Waals surface area contributed by atoms with Crippen LogP contribution >= 0.6 is 11.3 Å². The van der Waals surface area contributed by atoms with E-state index in [9.17, 15) is 13.2 Å². The first-order valence-electron chi connectivity index (χ1n) is 5.34. The standard InChI is InChI=1S/C11H10F3N3S/c1-2-3-15-11-17-16-10(18-11)6-4-7(12)9(14)8(13)5-6/h4-5H,2-3H2,1H3,(H,15,17). The van der Waals surface area contributed by atoms with Crippen molar-refractivity contribution in [1.82, 2.24) is 10.2 Å². The van der Waals surface area contributed by atoms with Crippen molar-refractivity contribution in [2.24, 2.45) is 0 Å². The highest BCUT2D eigenvalue weighted by molar-refractivity contribution is 7.18. The number of aromatic nitrogens is 2. The topological polar surface area (TPSA) is 37.8 Å². The van der Waals surface area contributed by atoms with E-state index in [0.29, 0.717) is 10.1 Å². The van der Waals surface area contributed by atoms with Crippen LogP contribution in [0.2, 0.25) is 0 Å². The number of benzene rings is 1. The smallest absolute Gasteiger partial charge is 0.206 e. The summed E-state index contributed by atoms with van der Waals surface area (Å²) in [4.78, 5) is 0. The van der Waals surface area contributed by atoms with Crippen LogP contribution in [-0.2, 0) is 0 Å². The van der Waals surface area contributed by atoms with Gasteiger partial charge in [0.05, 0.1) is 0 Å². The Bertz CT molecular complexity index is 533. The van der Waals surface area contributed by atoms with Crippen LogP contribution in [0.1, 0.15) is 13.3 Å². The van der Waals surface area contributed by atoms with Crippen molar-refractivity contribution in [2.75, 3.05) is 11.9 Å². The zero-order chi connectivity index (χ0) is 13.1. The Morgan fingerprint density at radius 2 is 1.83 bits per heavy atom. The molecule has 0 aliphatic heterocycles. The molecule has 1 heterocycles. The van der Waals surface area contributed by atoms with Crippen LogP contribution in [-0.4, -0.2) is 16.7 Å². The summed E-state index contributed by atoms with van der Waals surface area (Å²) in [5.74, 6) is -3.95. The van der Waals surface area contributed by atoms with Gasteiger partial charge in [0.1, 0.15) is 5.01 Å². The highest BCUT2D eigenvalue weighted by atomic mass is 32.1. The number of anilines is 1. The summed E-state index contributed by atoms with van der Waals surface area (Å²) >= 11 is 1.16. The maximum Gasteiger partial charge on any atom is 0.206 e. The molecule has 3 nitrogen and oxygen atoms in total. The number of hydrogen-bond acceptors (Lipinski definition) is 4. The number of nitrogens with zero attached hydrogens (tertiary/aromatic N) is 2.